The molecular weight excluding hydrogens is 288 g/mol. The summed E-state index contributed by atoms with van der Waals surface area (Å²) in [7, 11) is 0. The van der Waals surface area contributed by atoms with Gasteiger partial charge in [-0.1, -0.05) is 53.7 Å². The lowest BCUT2D eigenvalue weighted by Gasteiger charge is -2.23. The molecule has 0 aliphatic heterocycles. The summed E-state index contributed by atoms with van der Waals surface area (Å²) < 4.78 is 5.86. The van der Waals surface area contributed by atoms with Crippen molar-refractivity contribution in [1.29, 1.82) is 0 Å². The van der Waals surface area contributed by atoms with E-state index in [1.807, 2.05) is 6.07 Å². The number of carbonyl (C=O) groups is 1. The normalized spacial score (nSPS) is 12.3. The van der Waals surface area contributed by atoms with Crippen molar-refractivity contribution in [3.63, 3.8) is 0 Å². The molecule has 0 aliphatic rings. The molecule has 130 valence electrons. The third-order valence-corrected chi connectivity index (χ3v) is 3.37. The molecule has 0 saturated heterocycles. The SMILES string of the molecule is CC(C)(C)Cc1ccc(OCCCC(=O)O)c(CC(C)(C)C)c1. The van der Waals surface area contributed by atoms with Gasteiger partial charge in [-0.25, -0.2) is 0 Å². The molecule has 0 amide bonds. The van der Waals surface area contributed by atoms with Crippen molar-refractivity contribution in [3.8, 4) is 5.75 Å². The molecule has 1 N–H and O–H groups in total. The molecule has 0 atom stereocenters. The summed E-state index contributed by atoms with van der Waals surface area (Å²) in [6.45, 7) is 13.8. The summed E-state index contributed by atoms with van der Waals surface area (Å²) in [6, 6.07) is 6.43. The molecule has 1 aromatic carbocycles. The van der Waals surface area contributed by atoms with Crippen LogP contribution in [0.25, 0.3) is 0 Å². The van der Waals surface area contributed by atoms with Crippen molar-refractivity contribution in [2.75, 3.05) is 6.61 Å². The van der Waals surface area contributed by atoms with Gasteiger partial charge in [0, 0.05) is 6.42 Å². The van der Waals surface area contributed by atoms with Crippen LogP contribution >= 0.6 is 0 Å². The smallest absolute Gasteiger partial charge is 0.303 e. The van der Waals surface area contributed by atoms with Crippen LogP contribution in [-0.2, 0) is 17.6 Å². The van der Waals surface area contributed by atoms with E-state index in [-0.39, 0.29) is 17.3 Å². The van der Waals surface area contributed by atoms with E-state index in [9.17, 15) is 4.79 Å². The monoisotopic (exact) mass is 320 g/mol. The molecule has 3 nitrogen and oxygen atoms in total. The molecule has 3 heteroatoms. The van der Waals surface area contributed by atoms with Gasteiger partial charge in [-0.15, -0.1) is 0 Å². The molecule has 1 aromatic rings. The minimum atomic E-state index is -0.774. The first-order chi connectivity index (χ1) is 10.5. The number of carboxylic acids is 1. The topological polar surface area (TPSA) is 46.5 Å². The first-order valence-corrected chi connectivity index (χ1v) is 8.43. The van der Waals surface area contributed by atoms with Crippen LogP contribution in [0.15, 0.2) is 18.2 Å². The summed E-state index contributed by atoms with van der Waals surface area (Å²) in [4.78, 5) is 10.6. The highest BCUT2D eigenvalue weighted by atomic mass is 16.5. The Morgan fingerprint density at radius 1 is 1.04 bits per heavy atom. The molecule has 0 saturated carbocycles. The predicted octanol–water partition coefficient (Wildman–Crippen LogP) is 5.11. The molecule has 0 radical (unpaired) electrons. The van der Waals surface area contributed by atoms with Crippen molar-refractivity contribution in [2.45, 2.75) is 67.2 Å². The van der Waals surface area contributed by atoms with E-state index in [1.165, 1.54) is 11.1 Å². The van der Waals surface area contributed by atoms with Gasteiger partial charge in [0.2, 0.25) is 0 Å². The standard InChI is InChI=1S/C20H32O3/c1-19(2,3)13-15-9-10-17(23-11-7-8-18(21)22)16(12-15)14-20(4,5)6/h9-10,12H,7-8,11,13-14H2,1-6H3,(H,21,22). The van der Waals surface area contributed by atoms with Gasteiger partial charge in [0.15, 0.2) is 0 Å². The quantitative estimate of drug-likeness (QED) is 0.710. The van der Waals surface area contributed by atoms with Crippen LogP contribution in [-0.4, -0.2) is 17.7 Å². The van der Waals surface area contributed by atoms with Gasteiger partial charge < -0.3 is 9.84 Å². The van der Waals surface area contributed by atoms with E-state index >= 15 is 0 Å². The van der Waals surface area contributed by atoms with Crippen molar-refractivity contribution in [1.82, 2.24) is 0 Å². The second-order valence-corrected chi connectivity index (χ2v) is 8.76. The summed E-state index contributed by atoms with van der Waals surface area (Å²) in [5.41, 5.74) is 2.98. The van der Waals surface area contributed by atoms with E-state index < -0.39 is 5.97 Å². The van der Waals surface area contributed by atoms with E-state index in [1.54, 1.807) is 0 Å². The van der Waals surface area contributed by atoms with Crippen LogP contribution in [0.1, 0.15) is 65.5 Å². The Morgan fingerprint density at radius 3 is 2.17 bits per heavy atom. The van der Waals surface area contributed by atoms with Crippen molar-refractivity contribution in [3.05, 3.63) is 29.3 Å². The van der Waals surface area contributed by atoms with Crippen LogP contribution < -0.4 is 4.74 Å². The number of benzene rings is 1. The molecule has 1 rings (SSSR count). The summed E-state index contributed by atoms with van der Waals surface area (Å²) in [5.74, 6) is 0.118. The summed E-state index contributed by atoms with van der Waals surface area (Å²) in [5, 5.41) is 8.71. The van der Waals surface area contributed by atoms with Crippen molar-refractivity contribution < 1.29 is 14.6 Å². The van der Waals surface area contributed by atoms with Gasteiger partial charge in [-0.05, 0) is 47.3 Å². The minimum absolute atomic E-state index is 0.150. The Labute approximate surface area is 141 Å². The largest absolute Gasteiger partial charge is 0.493 e. The first-order valence-electron chi connectivity index (χ1n) is 8.43. The molecule has 0 spiro atoms. The highest BCUT2D eigenvalue weighted by Crippen LogP contribution is 2.30. The van der Waals surface area contributed by atoms with E-state index in [0.717, 1.165) is 18.6 Å². The average Bonchev–Trinajstić information content (AvgIpc) is 2.32. The Morgan fingerprint density at radius 2 is 1.65 bits per heavy atom. The maximum absolute atomic E-state index is 10.6. The Hall–Kier alpha value is -1.51. The fraction of sp³-hybridized carbons (Fsp3) is 0.650. The van der Waals surface area contributed by atoms with Crippen molar-refractivity contribution >= 4 is 5.97 Å². The number of rotatable bonds is 7. The maximum Gasteiger partial charge on any atom is 0.303 e. The zero-order valence-corrected chi connectivity index (χ0v) is 15.5. The molecule has 0 fully saturated rings. The van der Waals surface area contributed by atoms with Crippen LogP contribution in [0.3, 0.4) is 0 Å². The van der Waals surface area contributed by atoms with Gasteiger partial charge in [-0.2, -0.15) is 0 Å². The Bertz CT molecular complexity index is 519. The van der Waals surface area contributed by atoms with Gasteiger partial charge in [-0.3, -0.25) is 4.79 Å². The Kier molecular flexibility index (Phi) is 6.67. The lowest BCUT2D eigenvalue weighted by molar-refractivity contribution is -0.137. The van der Waals surface area contributed by atoms with Crippen LogP contribution in [0.4, 0.5) is 0 Å². The average molecular weight is 320 g/mol. The van der Waals surface area contributed by atoms with E-state index in [0.29, 0.717) is 13.0 Å². The number of hydrogen-bond acceptors (Lipinski definition) is 2. The predicted molar refractivity (Wildman–Crippen MR) is 95.1 cm³/mol. The van der Waals surface area contributed by atoms with Gasteiger partial charge >= 0.3 is 5.97 Å². The van der Waals surface area contributed by atoms with Gasteiger partial charge in [0.25, 0.3) is 0 Å². The number of ether oxygens (including phenoxy) is 1. The van der Waals surface area contributed by atoms with Crippen LogP contribution in [0.2, 0.25) is 0 Å². The van der Waals surface area contributed by atoms with Crippen LogP contribution in [0.5, 0.6) is 5.75 Å². The third kappa shape index (κ3) is 8.63. The second kappa shape index (κ2) is 7.85. The fourth-order valence-electron chi connectivity index (χ4n) is 2.61. The number of hydrogen-bond donors (Lipinski definition) is 1. The lowest BCUT2D eigenvalue weighted by Crippen LogP contribution is -2.13. The lowest BCUT2D eigenvalue weighted by atomic mass is 9.84. The summed E-state index contributed by atoms with van der Waals surface area (Å²) in [6.07, 6.45) is 2.66. The molecule has 0 aromatic heterocycles. The van der Waals surface area contributed by atoms with Gasteiger partial charge in [0.1, 0.15) is 5.75 Å². The van der Waals surface area contributed by atoms with Crippen LogP contribution in [0, 0.1) is 10.8 Å². The summed E-state index contributed by atoms with van der Waals surface area (Å²) >= 11 is 0. The highest BCUT2D eigenvalue weighted by Gasteiger charge is 2.17. The van der Waals surface area contributed by atoms with E-state index in [4.69, 9.17) is 9.84 Å². The number of aliphatic carboxylic acids is 1. The molecule has 0 heterocycles. The van der Waals surface area contributed by atoms with Crippen molar-refractivity contribution in [2.24, 2.45) is 10.8 Å². The zero-order chi connectivity index (χ0) is 17.7. The molecule has 0 unspecified atom stereocenters. The third-order valence-electron chi connectivity index (χ3n) is 3.37. The fourth-order valence-corrected chi connectivity index (χ4v) is 2.61. The first kappa shape index (κ1) is 19.5. The molecule has 23 heavy (non-hydrogen) atoms. The second-order valence-electron chi connectivity index (χ2n) is 8.76. The van der Waals surface area contributed by atoms with Gasteiger partial charge in [0.05, 0.1) is 6.61 Å². The Balaban J connectivity index is 2.88. The molecular formula is C20H32O3. The minimum Gasteiger partial charge on any atom is -0.493 e. The zero-order valence-electron chi connectivity index (χ0n) is 15.5. The molecule has 0 aliphatic carbocycles. The number of carboxylic acid groups (broad SMARTS) is 1. The highest BCUT2D eigenvalue weighted by molar-refractivity contribution is 5.66. The molecule has 0 bridgehead atoms. The van der Waals surface area contributed by atoms with E-state index in [2.05, 4.69) is 53.7 Å². The maximum atomic E-state index is 10.6.